The van der Waals surface area contributed by atoms with Gasteiger partial charge in [-0.25, -0.2) is 0 Å². The first kappa shape index (κ1) is 21.5. The van der Waals surface area contributed by atoms with Gasteiger partial charge in [0.1, 0.15) is 5.75 Å². The number of guanidine groups is 1. The molecule has 0 radical (unpaired) electrons. The Balaban J connectivity index is 1.47. The van der Waals surface area contributed by atoms with E-state index in [2.05, 4.69) is 44.8 Å². The van der Waals surface area contributed by atoms with E-state index in [-0.39, 0.29) is 5.91 Å². The van der Waals surface area contributed by atoms with E-state index in [4.69, 9.17) is 4.74 Å². The third kappa shape index (κ3) is 6.65. The molecule has 0 unspecified atom stereocenters. The Morgan fingerprint density at radius 3 is 2.62 bits per heavy atom. The summed E-state index contributed by atoms with van der Waals surface area (Å²) < 4.78 is 6.20. The highest BCUT2D eigenvalue weighted by Crippen LogP contribution is 2.24. The van der Waals surface area contributed by atoms with E-state index in [1.165, 1.54) is 37.7 Å². The lowest BCUT2D eigenvalue weighted by Crippen LogP contribution is -2.45. The molecule has 1 aliphatic carbocycles. The summed E-state index contributed by atoms with van der Waals surface area (Å²) in [6, 6.07) is 8.40. The molecule has 2 N–H and O–H groups in total. The van der Waals surface area contributed by atoms with Crippen LogP contribution in [0.2, 0.25) is 0 Å². The highest BCUT2D eigenvalue weighted by atomic mass is 16.5. The first-order valence-corrected chi connectivity index (χ1v) is 11.1. The van der Waals surface area contributed by atoms with E-state index < -0.39 is 0 Å². The van der Waals surface area contributed by atoms with E-state index in [1.807, 2.05) is 7.05 Å². The van der Waals surface area contributed by atoms with Crippen LogP contribution >= 0.6 is 0 Å². The lowest BCUT2D eigenvalue weighted by atomic mass is 9.93. The highest BCUT2D eigenvalue weighted by Gasteiger charge is 2.23. The van der Waals surface area contributed by atoms with Crippen LogP contribution in [0.25, 0.3) is 0 Å². The van der Waals surface area contributed by atoms with Crippen LogP contribution in [0.1, 0.15) is 56.9 Å². The molecule has 3 rings (SSSR count). The number of benzene rings is 1. The molecule has 6 nitrogen and oxygen atoms in total. The van der Waals surface area contributed by atoms with Gasteiger partial charge in [-0.2, -0.15) is 0 Å². The zero-order valence-electron chi connectivity index (χ0n) is 18.0. The van der Waals surface area contributed by atoms with Crippen molar-refractivity contribution in [1.82, 2.24) is 15.5 Å². The first-order chi connectivity index (χ1) is 14.2. The fourth-order valence-electron chi connectivity index (χ4n) is 4.33. The number of piperidine rings is 1. The van der Waals surface area contributed by atoms with Gasteiger partial charge in [-0.3, -0.25) is 9.79 Å². The maximum Gasteiger partial charge on any atom is 0.220 e. The maximum atomic E-state index is 11.6. The molecule has 160 valence electrons. The molecular weight excluding hydrogens is 364 g/mol. The van der Waals surface area contributed by atoms with Crippen molar-refractivity contribution in [3.63, 3.8) is 0 Å². The molecule has 0 aromatic heterocycles. The van der Waals surface area contributed by atoms with Gasteiger partial charge >= 0.3 is 0 Å². The van der Waals surface area contributed by atoms with Gasteiger partial charge in [-0.05, 0) is 62.1 Å². The summed E-state index contributed by atoms with van der Waals surface area (Å²) in [6.45, 7) is 2.60. The molecule has 2 aliphatic rings. The summed E-state index contributed by atoms with van der Waals surface area (Å²) in [5.74, 6) is 2.52. The summed E-state index contributed by atoms with van der Waals surface area (Å²) >= 11 is 0. The fraction of sp³-hybridized carbons (Fsp3) is 0.652. The summed E-state index contributed by atoms with van der Waals surface area (Å²) in [5, 5.41) is 6.22. The van der Waals surface area contributed by atoms with Crippen molar-refractivity contribution in [2.24, 2.45) is 10.9 Å². The fourth-order valence-corrected chi connectivity index (χ4v) is 4.33. The molecule has 0 atom stereocenters. The number of hydrogen-bond acceptors (Lipinski definition) is 3. The molecule has 6 heteroatoms. The second kappa shape index (κ2) is 11.1. The number of carbonyl (C=O) groups is 1. The van der Waals surface area contributed by atoms with Gasteiger partial charge in [0.25, 0.3) is 0 Å². The largest absolute Gasteiger partial charge is 0.490 e. The molecule has 1 amide bonds. The van der Waals surface area contributed by atoms with Crippen molar-refractivity contribution in [1.29, 1.82) is 0 Å². The van der Waals surface area contributed by atoms with E-state index in [0.29, 0.717) is 18.4 Å². The van der Waals surface area contributed by atoms with Gasteiger partial charge in [0.05, 0.1) is 6.10 Å². The Hall–Kier alpha value is -2.24. The minimum atomic E-state index is 0.140. The molecule has 1 aromatic carbocycles. The van der Waals surface area contributed by atoms with Crippen LogP contribution in [-0.4, -0.2) is 50.1 Å². The SMILES string of the molecule is CN=C(NCc1cccc(OC2CCCCC2)c1)N1CCC(CC(=O)NC)CC1. The number of aliphatic imine (C=N–C) groups is 1. The zero-order chi connectivity index (χ0) is 20.5. The van der Waals surface area contributed by atoms with Gasteiger partial charge in [0.2, 0.25) is 5.91 Å². The van der Waals surface area contributed by atoms with Crippen molar-refractivity contribution in [3.8, 4) is 5.75 Å². The quantitative estimate of drug-likeness (QED) is 0.568. The van der Waals surface area contributed by atoms with Gasteiger partial charge in [0, 0.05) is 40.2 Å². The summed E-state index contributed by atoms with van der Waals surface area (Å²) in [7, 11) is 3.54. The van der Waals surface area contributed by atoms with Crippen LogP contribution in [-0.2, 0) is 11.3 Å². The Labute approximate surface area is 175 Å². The van der Waals surface area contributed by atoms with Crippen LogP contribution in [0.5, 0.6) is 5.75 Å². The highest BCUT2D eigenvalue weighted by molar-refractivity contribution is 5.80. The third-order valence-corrected chi connectivity index (χ3v) is 6.08. The number of nitrogens with zero attached hydrogens (tertiary/aromatic N) is 2. The van der Waals surface area contributed by atoms with Gasteiger partial charge in [-0.1, -0.05) is 18.6 Å². The minimum absolute atomic E-state index is 0.140. The van der Waals surface area contributed by atoms with Gasteiger partial charge in [-0.15, -0.1) is 0 Å². The molecule has 1 heterocycles. The standard InChI is InChI=1S/C23H36N4O2/c1-24-22(28)16-18-11-13-27(14-12-18)23(25-2)26-17-19-7-6-10-21(15-19)29-20-8-4-3-5-9-20/h6-7,10,15,18,20H,3-5,8-9,11-14,16-17H2,1-2H3,(H,24,28)(H,25,26). The molecule has 29 heavy (non-hydrogen) atoms. The number of ether oxygens (including phenoxy) is 1. The van der Waals surface area contributed by atoms with Crippen molar-refractivity contribution < 1.29 is 9.53 Å². The first-order valence-electron chi connectivity index (χ1n) is 11.1. The number of nitrogens with one attached hydrogen (secondary N) is 2. The Morgan fingerprint density at radius 2 is 1.93 bits per heavy atom. The van der Waals surface area contributed by atoms with Crippen LogP contribution in [0, 0.1) is 5.92 Å². The summed E-state index contributed by atoms with van der Waals surface area (Å²) in [4.78, 5) is 18.4. The van der Waals surface area contributed by atoms with Gasteiger partial charge < -0.3 is 20.3 Å². The molecule has 1 saturated carbocycles. The molecule has 0 bridgehead atoms. The predicted octanol–water partition coefficient (Wildman–Crippen LogP) is 3.32. The lowest BCUT2D eigenvalue weighted by Gasteiger charge is -2.34. The molecule has 1 aliphatic heterocycles. The van der Waals surface area contributed by atoms with E-state index >= 15 is 0 Å². The number of amides is 1. The number of hydrogen-bond donors (Lipinski definition) is 2. The Bertz CT molecular complexity index is 677. The second-order valence-corrected chi connectivity index (χ2v) is 8.23. The van der Waals surface area contributed by atoms with Crippen LogP contribution in [0.4, 0.5) is 0 Å². The number of rotatable bonds is 6. The summed E-state index contributed by atoms with van der Waals surface area (Å²) in [6.07, 6.45) is 9.30. The number of carbonyl (C=O) groups excluding carboxylic acids is 1. The average molecular weight is 401 g/mol. The molecule has 0 spiro atoms. The molecule has 1 aromatic rings. The Kier molecular flexibility index (Phi) is 8.20. The van der Waals surface area contributed by atoms with Gasteiger partial charge in [0.15, 0.2) is 5.96 Å². The smallest absolute Gasteiger partial charge is 0.220 e. The minimum Gasteiger partial charge on any atom is -0.490 e. The predicted molar refractivity (Wildman–Crippen MR) is 117 cm³/mol. The topological polar surface area (TPSA) is 66.0 Å². The van der Waals surface area contributed by atoms with Crippen molar-refractivity contribution in [3.05, 3.63) is 29.8 Å². The molecule has 2 fully saturated rings. The van der Waals surface area contributed by atoms with E-state index in [9.17, 15) is 4.79 Å². The van der Waals surface area contributed by atoms with Crippen molar-refractivity contribution >= 4 is 11.9 Å². The zero-order valence-corrected chi connectivity index (χ0v) is 18.0. The normalized spacial score (nSPS) is 19.1. The molecular formula is C23H36N4O2. The third-order valence-electron chi connectivity index (χ3n) is 6.08. The van der Waals surface area contributed by atoms with E-state index in [1.54, 1.807) is 7.05 Å². The Morgan fingerprint density at radius 1 is 1.17 bits per heavy atom. The van der Waals surface area contributed by atoms with Crippen LogP contribution in [0.3, 0.4) is 0 Å². The van der Waals surface area contributed by atoms with Crippen LogP contribution < -0.4 is 15.4 Å². The lowest BCUT2D eigenvalue weighted by molar-refractivity contribution is -0.121. The van der Waals surface area contributed by atoms with Crippen molar-refractivity contribution in [2.45, 2.75) is 64.0 Å². The summed E-state index contributed by atoms with van der Waals surface area (Å²) in [5.41, 5.74) is 1.20. The molecule has 1 saturated heterocycles. The van der Waals surface area contributed by atoms with Crippen LogP contribution in [0.15, 0.2) is 29.3 Å². The van der Waals surface area contributed by atoms with E-state index in [0.717, 1.165) is 44.2 Å². The number of likely N-dealkylation sites (tertiary alicyclic amines) is 1. The monoisotopic (exact) mass is 400 g/mol. The average Bonchev–Trinajstić information content (AvgIpc) is 2.76. The maximum absolute atomic E-state index is 11.6. The van der Waals surface area contributed by atoms with Crippen molar-refractivity contribution in [2.75, 3.05) is 27.2 Å². The second-order valence-electron chi connectivity index (χ2n) is 8.23.